The Balaban J connectivity index is 2.01. The molecule has 20 heavy (non-hydrogen) atoms. The molecule has 0 atom stereocenters. The molecule has 0 saturated carbocycles. The summed E-state index contributed by atoms with van der Waals surface area (Å²) in [5.74, 6) is 0.600. The summed E-state index contributed by atoms with van der Waals surface area (Å²) in [6.45, 7) is 0.650. The first-order chi connectivity index (χ1) is 9.67. The van der Waals surface area contributed by atoms with E-state index in [4.69, 9.17) is 28.6 Å². The predicted molar refractivity (Wildman–Crippen MR) is 82.0 cm³/mol. The zero-order chi connectivity index (χ0) is 14.1. The van der Waals surface area contributed by atoms with Gasteiger partial charge in [-0.05, 0) is 36.0 Å². The highest BCUT2D eigenvalue weighted by Gasteiger charge is 2.06. The standard InChI is InChI=1S/C14H12ClN3OS/c1-19-13-5-2-9(7-16-13)8-18-12-4-3-10(15)6-11(12)17-14(18)20/h2-7H,8H2,1H3,(H,17,20). The number of halogens is 1. The van der Waals surface area contributed by atoms with E-state index in [1.165, 1.54) is 0 Å². The number of methoxy groups -OCH3 is 1. The molecule has 2 aromatic heterocycles. The van der Waals surface area contributed by atoms with E-state index < -0.39 is 0 Å². The molecule has 1 aromatic carbocycles. The summed E-state index contributed by atoms with van der Waals surface area (Å²) in [5, 5.41) is 0.687. The smallest absolute Gasteiger partial charge is 0.212 e. The number of hydrogen-bond acceptors (Lipinski definition) is 3. The van der Waals surface area contributed by atoms with E-state index in [0.717, 1.165) is 16.6 Å². The summed E-state index contributed by atoms with van der Waals surface area (Å²) in [7, 11) is 1.60. The number of aromatic nitrogens is 3. The Morgan fingerprint density at radius 3 is 2.90 bits per heavy atom. The molecular formula is C14H12ClN3OS. The second kappa shape index (κ2) is 5.26. The molecule has 3 rings (SSSR count). The lowest BCUT2D eigenvalue weighted by Gasteiger charge is -2.05. The quantitative estimate of drug-likeness (QED) is 0.748. The van der Waals surface area contributed by atoms with Gasteiger partial charge in [0.1, 0.15) is 0 Å². The van der Waals surface area contributed by atoms with Crippen LogP contribution >= 0.6 is 23.8 Å². The average Bonchev–Trinajstić information content (AvgIpc) is 2.75. The van der Waals surface area contributed by atoms with Gasteiger partial charge in [0, 0.05) is 17.3 Å². The Labute approximate surface area is 126 Å². The van der Waals surface area contributed by atoms with E-state index >= 15 is 0 Å². The minimum absolute atomic E-state index is 0.600. The Morgan fingerprint density at radius 1 is 1.35 bits per heavy atom. The van der Waals surface area contributed by atoms with Crippen molar-refractivity contribution in [3.8, 4) is 5.88 Å². The van der Waals surface area contributed by atoms with Gasteiger partial charge in [0.2, 0.25) is 5.88 Å². The fourth-order valence-corrected chi connectivity index (χ4v) is 2.55. The maximum Gasteiger partial charge on any atom is 0.212 e. The zero-order valence-electron chi connectivity index (χ0n) is 10.8. The number of aromatic amines is 1. The van der Waals surface area contributed by atoms with Crippen molar-refractivity contribution in [2.45, 2.75) is 6.54 Å². The van der Waals surface area contributed by atoms with E-state index in [0.29, 0.717) is 22.2 Å². The lowest BCUT2D eigenvalue weighted by atomic mass is 10.2. The molecule has 102 valence electrons. The molecule has 1 N–H and O–H groups in total. The monoisotopic (exact) mass is 305 g/mol. The molecule has 4 nitrogen and oxygen atoms in total. The van der Waals surface area contributed by atoms with Crippen LogP contribution in [0.4, 0.5) is 0 Å². The van der Waals surface area contributed by atoms with Crippen LogP contribution in [0.3, 0.4) is 0 Å². The highest BCUT2D eigenvalue weighted by atomic mass is 35.5. The molecule has 0 amide bonds. The van der Waals surface area contributed by atoms with Crippen LogP contribution in [-0.4, -0.2) is 21.6 Å². The van der Waals surface area contributed by atoms with Crippen LogP contribution in [0.5, 0.6) is 5.88 Å². The number of rotatable bonds is 3. The third-order valence-corrected chi connectivity index (χ3v) is 3.64. The average molecular weight is 306 g/mol. The van der Waals surface area contributed by atoms with Crippen molar-refractivity contribution < 1.29 is 4.74 Å². The van der Waals surface area contributed by atoms with Crippen molar-refractivity contribution >= 4 is 34.9 Å². The largest absolute Gasteiger partial charge is 0.481 e. The number of fused-ring (bicyclic) bond motifs is 1. The minimum Gasteiger partial charge on any atom is -0.481 e. The Bertz CT molecular complexity index is 807. The SMILES string of the molecule is COc1ccc(Cn2c(=S)[nH]c3cc(Cl)ccc32)cn1. The normalized spacial score (nSPS) is 10.9. The fraction of sp³-hybridized carbons (Fsp3) is 0.143. The predicted octanol–water partition coefficient (Wildman–Crippen LogP) is 3.80. The molecule has 6 heteroatoms. The van der Waals surface area contributed by atoms with Gasteiger partial charge in [-0.15, -0.1) is 0 Å². The number of benzene rings is 1. The van der Waals surface area contributed by atoms with Crippen molar-refractivity contribution in [2.75, 3.05) is 7.11 Å². The number of imidazole rings is 1. The molecule has 0 spiro atoms. The molecule has 3 aromatic rings. The van der Waals surface area contributed by atoms with Gasteiger partial charge in [0.25, 0.3) is 0 Å². The first kappa shape index (κ1) is 13.1. The topological polar surface area (TPSA) is 42.8 Å². The highest BCUT2D eigenvalue weighted by molar-refractivity contribution is 7.71. The second-order valence-electron chi connectivity index (χ2n) is 4.39. The van der Waals surface area contributed by atoms with Gasteiger partial charge < -0.3 is 14.3 Å². The summed E-state index contributed by atoms with van der Waals surface area (Å²) < 4.78 is 7.74. The van der Waals surface area contributed by atoms with E-state index in [1.54, 1.807) is 13.3 Å². The van der Waals surface area contributed by atoms with Crippen LogP contribution in [0.15, 0.2) is 36.5 Å². The molecule has 0 fully saturated rings. The Hall–Kier alpha value is -1.85. The van der Waals surface area contributed by atoms with Gasteiger partial charge in [-0.1, -0.05) is 17.7 Å². The molecule has 0 unspecified atom stereocenters. The van der Waals surface area contributed by atoms with Gasteiger partial charge in [-0.25, -0.2) is 4.98 Å². The third-order valence-electron chi connectivity index (χ3n) is 3.08. The fourth-order valence-electron chi connectivity index (χ4n) is 2.10. The van der Waals surface area contributed by atoms with E-state index in [2.05, 4.69) is 9.97 Å². The summed E-state index contributed by atoms with van der Waals surface area (Å²) in [4.78, 5) is 7.36. The molecule has 0 radical (unpaired) electrons. The van der Waals surface area contributed by atoms with Crippen LogP contribution in [0.25, 0.3) is 11.0 Å². The molecule has 0 aliphatic heterocycles. The van der Waals surface area contributed by atoms with Crippen molar-refractivity contribution in [2.24, 2.45) is 0 Å². The van der Waals surface area contributed by atoms with Crippen LogP contribution in [-0.2, 0) is 6.54 Å². The Kier molecular flexibility index (Phi) is 3.46. The van der Waals surface area contributed by atoms with Gasteiger partial charge in [-0.2, -0.15) is 0 Å². The first-order valence-electron chi connectivity index (χ1n) is 6.04. The molecule has 0 bridgehead atoms. The van der Waals surface area contributed by atoms with E-state index in [9.17, 15) is 0 Å². The molecular weight excluding hydrogens is 294 g/mol. The summed E-state index contributed by atoms with van der Waals surface area (Å²) >= 11 is 11.3. The van der Waals surface area contributed by atoms with Crippen molar-refractivity contribution in [3.63, 3.8) is 0 Å². The summed E-state index contributed by atoms with van der Waals surface area (Å²) in [6.07, 6.45) is 1.79. The third kappa shape index (κ3) is 2.42. The van der Waals surface area contributed by atoms with Gasteiger partial charge >= 0.3 is 0 Å². The number of H-pyrrole nitrogens is 1. The van der Waals surface area contributed by atoms with Crippen LogP contribution in [0.1, 0.15) is 5.56 Å². The maximum absolute atomic E-state index is 5.99. The van der Waals surface area contributed by atoms with Crippen LogP contribution in [0.2, 0.25) is 5.02 Å². The number of hydrogen-bond donors (Lipinski definition) is 1. The van der Waals surface area contributed by atoms with E-state index in [1.807, 2.05) is 34.9 Å². The first-order valence-corrected chi connectivity index (χ1v) is 6.83. The molecule has 0 aliphatic carbocycles. The lowest BCUT2D eigenvalue weighted by molar-refractivity contribution is 0.397. The highest BCUT2D eigenvalue weighted by Crippen LogP contribution is 2.20. The molecule has 2 heterocycles. The summed E-state index contributed by atoms with van der Waals surface area (Å²) in [5.41, 5.74) is 3.01. The lowest BCUT2D eigenvalue weighted by Crippen LogP contribution is -2.00. The van der Waals surface area contributed by atoms with Gasteiger partial charge in [0.15, 0.2) is 4.77 Å². The van der Waals surface area contributed by atoms with Crippen molar-refractivity contribution in [1.82, 2.24) is 14.5 Å². The second-order valence-corrected chi connectivity index (χ2v) is 5.21. The molecule has 0 saturated heterocycles. The van der Waals surface area contributed by atoms with Gasteiger partial charge in [0.05, 0.1) is 24.7 Å². The Morgan fingerprint density at radius 2 is 2.20 bits per heavy atom. The van der Waals surface area contributed by atoms with Crippen LogP contribution in [0, 0.1) is 4.77 Å². The van der Waals surface area contributed by atoms with E-state index in [-0.39, 0.29) is 0 Å². The van der Waals surface area contributed by atoms with Crippen molar-refractivity contribution in [1.29, 1.82) is 0 Å². The van der Waals surface area contributed by atoms with Crippen molar-refractivity contribution in [3.05, 3.63) is 51.9 Å². The minimum atomic E-state index is 0.600. The number of nitrogens with zero attached hydrogens (tertiary/aromatic N) is 2. The summed E-state index contributed by atoms with van der Waals surface area (Å²) in [6, 6.07) is 9.50. The number of nitrogens with one attached hydrogen (secondary N) is 1. The van der Waals surface area contributed by atoms with Gasteiger partial charge in [-0.3, -0.25) is 0 Å². The maximum atomic E-state index is 5.99. The zero-order valence-corrected chi connectivity index (χ0v) is 12.3. The number of pyridine rings is 1. The molecule has 0 aliphatic rings. The number of ether oxygens (including phenoxy) is 1. The van der Waals surface area contributed by atoms with Crippen LogP contribution < -0.4 is 4.74 Å².